The van der Waals surface area contributed by atoms with Crippen molar-refractivity contribution in [2.45, 2.75) is 19.5 Å². The minimum absolute atomic E-state index is 0.0756. The van der Waals surface area contributed by atoms with Crippen LogP contribution in [0.5, 0.6) is 11.5 Å². The molecule has 2 aromatic rings. The number of nitrogens with zero attached hydrogens (tertiary/aromatic N) is 2. The first kappa shape index (κ1) is 12.3. The number of aromatic amines is 1. The minimum Gasteiger partial charge on any atom is -0.454 e. The molecule has 0 fully saturated rings. The van der Waals surface area contributed by atoms with E-state index in [0.717, 1.165) is 11.4 Å². The van der Waals surface area contributed by atoms with Gasteiger partial charge in [0.05, 0.1) is 11.1 Å². The fraction of sp³-hybridized carbons (Fsp3) is 0.333. The molecule has 1 aromatic carbocycles. The third-order valence-corrected chi connectivity index (χ3v) is 3.22. The van der Waals surface area contributed by atoms with E-state index in [0.29, 0.717) is 23.1 Å². The van der Waals surface area contributed by atoms with Crippen LogP contribution in [0.1, 0.15) is 24.4 Å². The summed E-state index contributed by atoms with van der Waals surface area (Å²) >= 11 is 6.13. The maximum absolute atomic E-state index is 6.13. The Bertz CT molecular complexity index is 573. The number of H-pyrrole nitrogens is 1. The van der Waals surface area contributed by atoms with Gasteiger partial charge in [-0.05, 0) is 24.6 Å². The summed E-state index contributed by atoms with van der Waals surface area (Å²) in [7, 11) is 0. The van der Waals surface area contributed by atoms with E-state index >= 15 is 0 Å². The average Bonchev–Trinajstić information content (AvgIpc) is 3.06. The molecule has 2 N–H and O–H groups in total. The molecule has 1 aliphatic rings. The smallest absolute Gasteiger partial charge is 0.231 e. The molecule has 100 valence electrons. The predicted molar refractivity (Wildman–Crippen MR) is 69.2 cm³/mol. The van der Waals surface area contributed by atoms with Gasteiger partial charge in [-0.15, -0.1) is 0 Å². The van der Waals surface area contributed by atoms with Gasteiger partial charge in [0.15, 0.2) is 11.5 Å². The second-order valence-corrected chi connectivity index (χ2v) is 4.69. The summed E-state index contributed by atoms with van der Waals surface area (Å²) in [5.74, 6) is 2.11. The quantitative estimate of drug-likeness (QED) is 0.897. The molecule has 3 rings (SSSR count). The van der Waals surface area contributed by atoms with Crippen LogP contribution < -0.4 is 14.8 Å². The van der Waals surface area contributed by atoms with Crippen LogP contribution in [0.3, 0.4) is 0 Å². The number of ether oxygens (including phenoxy) is 2. The third-order valence-electron chi connectivity index (χ3n) is 2.94. The zero-order chi connectivity index (χ0) is 13.2. The second-order valence-electron chi connectivity index (χ2n) is 4.28. The molecule has 0 bridgehead atoms. The van der Waals surface area contributed by atoms with E-state index in [1.807, 2.05) is 19.1 Å². The summed E-state index contributed by atoms with van der Waals surface area (Å²) < 4.78 is 10.6. The molecule has 0 amide bonds. The summed E-state index contributed by atoms with van der Waals surface area (Å²) in [6.45, 7) is 2.88. The van der Waals surface area contributed by atoms with Crippen molar-refractivity contribution in [2.24, 2.45) is 0 Å². The molecule has 0 saturated heterocycles. The van der Waals surface area contributed by atoms with E-state index in [2.05, 4.69) is 20.5 Å². The maximum atomic E-state index is 6.13. The first-order valence-electron chi connectivity index (χ1n) is 5.90. The average molecular weight is 281 g/mol. The molecule has 7 heteroatoms. The number of hydrogen-bond donors (Lipinski definition) is 2. The number of nitrogens with one attached hydrogen (secondary N) is 2. The Morgan fingerprint density at radius 3 is 3.16 bits per heavy atom. The Morgan fingerprint density at radius 2 is 2.37 bits per heavy atom. The van der Waals surface area contributed by atoms with Gasteiger partial charge in [-0.2, -0.15) is 5.10 Å². The van der Waals surface area contributed by atoms with Crippen molar-refractivity contribution in [3.8, 4) is 11.5 Å². The molecule has 0 radical (unpaired) electrons. The van der Waals surface area contributed by atoms with E-state index in [4.69, 9.17) is 21.1 Å². The number of rotatable bonds is 4. The molecule has 6 nitrogen and oxygen atoms in total. The maximum Gasteiger partial charge on any atom is 0.231 e. The minimum atomic E-state index is 0.0756. The number of halogens is 1. The molecule has 1 atom stereocenters. The standard InChI is InChI=1S/C12H13ClN4O2/c1-7(12-15-5-16-17-12)14-4-8-2-9(13)11-10(3-8)18-6-19-11/h2-3,5,7,14H,4,6H2,1H3,(H,15,16,17). The SMILES string of the molecule is CC(NCc1cc(Cl)c2c(c1)OCO2)c1ncn[nH]1. The number of aromatic nitrogens is 3. The van der Waals surface area contributed by atoms with E-state index in [1.54, 1.807) is 0 Å². The highest BCUT2D eigenvalue weighted by atomic mass is 35.5. The molecular weight excluding hydrogens is 268 g/mol. The topological polar surface area (TPSA) is 72.1 Å². The summed E-state index contributed by atoms with van der Waals surface area (Å²) in [5, 5.41) is 10.6. The monoisotopic (exact) mass is 280 g/mol. The van der Waals surface area contributed by atoms with Crippen LogP contribution in [0.25, 0.3) is 0 Å². The van der Waals surface area contributed by atoms with Crippen LogP contribution in [-0.4, -0.2) is 22.0 Å². The molecule has 1 aliphatic heterocycles. The van der Waals surface area contributed by atoms with Crippen molar-refractivity contribution >= 4 is 11.6 Å². The van der Waals surface area contributed by atoms with E-state index in [-0.39, 0.29) is 12.8 Å². The molecule has 0 spiro atoms. The molecule has 0 saturated carbocycles. The van der Waals surface area contributed by atoms with Gasteiger partial charge in [-0.3, -0.25) is 5.10 Å². The van der Waals surface area contributed by atoms with Crippen LogP contribution in [0.15, 0.2) is 18.5 Å². The highest BCUT2D eigenvalue weighted by molar-refractivity contribution is 6.32. The largest absolute Gasteiger partial charge is 0.454 e. The highest BCUT2D eigenvalue weighted by Crippen LogP contribution is 2.39. The Morgan fingerprint density at radius 1 is 1.47 bits per heavy atom. The predicted octanol–water partition coefficient (Wildman–Crippen LogP) is 2.04. The lowest BCUT2D eigenvalue weighted by atomic mass is 10.2. The lowest BCUT2D eigenvalue weighted by Crippen LogP contribution is -2.19. The van der Waals surface area contributed by atoms with E-state index in [1.165, 1.54) is 6.33 Å². The lowest BCUT2D eigenvalue weighted by Gasteiger charge is -2.11. The van der Waals surface area contributed by atoms with Crippen LogP contribution in [0, 0.1) is 0 Å². The van der Waals surface area contributed by atoms with Gasteiger partial charge in [-0.25, -0.2) is 4.98 Å². The number of fused-ring (bicyclic) bond motifs is 1. The molecular formula is C12H13ClN4O2. The summed E-state index contributed by atoms with van der Waals surface area (Å²) in [5.41, 5.74) is 1.03. The summed E-state index contributed by atoms with van der Waals surface area (Å²) in [6.07, 6.45) is 1.49. The Balaban J connectivity index is 1.69. The molecule has 1 unspecified atom stereocenters. The molecule has 0 aliphatic carbocycles. The van der Waals surface area contributed by atoms with Gasteiger partial charge in [0, 0.05) is 6.54 Å². The van der Waals surface area contributed by atoms with Gasteiger partial charge >= 0.3 is 0 Å². The van der Waals surface area contributed by atoms with Crippen molar-refractivity contribution in [1.29, 1.82) is 0 Å². The molecule has 19 heavy (non-hydrogen) atoms. The molecule has 2 heterocycles. The van der Waals surface area contributed by atoms with Crippen LogP contribution in [-0.2, 0) is 6.54 Å². The Hall–Kier alpha value is -1.79. The Kier molecular flexibility index (Phi) is 3.27. The third kappa shape index (κ3) is 2.50. The number of benzene rings is 1. The zero-order valence-electron chi connectivity index (χ0n) is 10.3. The van der Waals surface area contributed by atoms with Crippen molar-refractivity contribution in [1.82, 2.24) is 20.5 Å². The fourth-order valence-corrected chi connectivity index (χ4v) is 2.20. The molecule has 1 aromatic heterocycles. The first-order chi connectivity index (χ1) is 9.24. The van der Waals surface area contributed by atoms with E-state index in [9.17, 15) is 0 Å². The number of hydrogen-bond acceptors (Lipinski definition) is 5. The van der Waals surface area contributed by atoms with Gasteiger partial charge in [-0.1, -0.05) is 11.6 Å². The van der Waals surface area contributed by atoms with Gasteiger partial charge in [0.2, 0.25) is 6.79 Å². The highest BCUT2D eigenvalue weighted by Gasteiger charge is 2.18. The van der Waals surface area contributed by atoms with Gasteiger partial charge in [0.25, 0.3) is 0 Å². The second kappa shape index (κ2) is 5.07. The van der Waals surface area contributed by atoms with Crippen molar-refractivity contribution in [3.63, 3.8) is 0 Å². The van der Waals surface area contributed by atoms with Crippen molar-refractivity contribution in [3.05, 3.63) is 34.9 Å². The van der Waals surface area contributed by atoms with Crippen LogP contribution in [0.2, 0.25) is 5.02 Å². The van der Waals surface area contributed by atoms with Crippen molar-refractivity contribution < 1.29 is 9.47 Å². The fourth-order valence-electron chi connectivity index (χ4n) is 1.91. The van der Waals surface area contributed by atoms with Crippen molar-refractivity contribution in [2.75, 3.05) is 6.79 Å². The van der Waals surface area contributed by atoms with Gasteiger partial charge < -0.3 is 14.8 Å². The zero-order valence-corrected chi connectivity index (χ0v) is 11.1. The first-order valence-corrected chi connectivity index (χ1v) is 6.28. The lowest BCUT2D eigenvalue weighted by molar-refractivity contribution is 0.174. The van der Waals surface area contributed by atoms with Gasteiger partial charge in [0.1, 0.15) is 12.2 Å². The summed E-state index contributed by atoms with van der Waals surface area (Å²) in [4.78, 5) is 4.10. The normalized spacial score (nSPS) is 14.6. The summed E-state index contributed by atoms with van der Waals surface area (Å²) in [6, 6.07) is 3.87. The van der Waals surface area contributed by atoms with Crippen LogP contribution >= 0.6 is 11.6 Å². The van der Waals surface area contributed by atoms with Crippen LogP contribution in [0.4, 0.5) is 0 Å². The van der Waals surface area contributed by atoms with E-state index < -0.39 is 0 Å². The Labute approximate surface area is 115 Å².